The lowest BCUT2D eigenvalue weighted by molar-refractivity contribution is 0.145. The fourth-order valence-electron chi connectivity index (χ4n) is 5.80. The summed E-state index contributed by atoms with van der Waals surface area (Å²) in [6.45, 7) is 9.56. The van der Waals surface area contributed by atoms with Gasteiger partial charge in [-0.15, -0.1) is 0 Å². The number of hydrogen-bond acceptors (Lipinski definition) is 6. The van der Waals surface area contributed by atoms with Crippen LogP contribution in [0.15, 0.2) is 60.8 Å². The highest BCUT2D eigenvalue weighted by molar-refractivity contribution is 5.70. The van der Waals surface area contributed by atoms with Gasteiger partial charge in [0.2, 0.25) is 0 Å². The number of fused-ring (bicyclic) bond motifs is 1. The molecule has 1 unspecified atom stereocenters. The molecule has 1 aromatic heterocycles. The average molecular weight is 487 g/mol. The lowest BCUT2D eigenvalue weighted by Gasteiger charge is -2.39. The van der Waals surface area contributed by atoms with E-state index in [1.807, 2.05) is 42.5 Å². The van der Waals surface area contributed by atoms with Gasteiger partial charge >= 0.3 is 0 Å². The Kier molecular flexibility index (Phi) is 7.73. The summed E-state index contributed by atoms with van der Waals surface area (Å²) < 4.78 is 0. The molecule has 6 nitrogen and oxygen atoms in total. The van der Waals surface area contributed by atoms with Crippen LogP contribution < -0.4 is 4.90 Å². The summed E-state index contributed by atoms with van der Waals surface area (Å²) in [5, 5.41) is 20.8. The van der Waals surface area contributed by atoms with Crippen molar-refractivity contribution in [3.8, 4) is 22.8 Å². The molecule has 1 fully saturated rings. The Bertz CT molecular complexity index is 1140. The number of aromatic nitrogens is 1. The molecule has 6 heteroatoms. The smallest absolute Gasteiger partial charge is 0.127 e. The Morgan fingerprint density at radius 1 is 0.944 bits per heavy atom. The SMILES string of the molecule is CCCN(CCN1CCN(c2ccc(-c3ccccn3)c(O)c2)CC1)C1CCc2c(O)cccc2C1. The van der Waals surface area contributed by atoms with Crippen molar-refractivity contribution in [2.75, 3.05) is 50.7 Å². The Hall–Kier alpha value is -3.09. The van der Waals surface area contributed by atoms with Gasteiger partial charge in [-0.25, -0.2) is 0 Å². The second-order valence-corrected chi connectivity index (χ2v) is 10.1. The van der Waals surface area contributed by atoms with Gasteiger partial charge in [-0.1, -0.05) is 25.1 Å². The third-order valence-corrected chi connectivity index (χ3v) is 7.82. The summed E-state index contributed by atoms with van der Waals surface area (Å²) in [6, 6.07) is 18.2. The van der Waals surface area contributed by atoms with E-state index in [9.17, 15) is 10.2 Å². The number of hydrogen-bond donors (Lipinski definition) is 2. The summed E-state index contributed by atoms with van der Waals surface area (Å²) in [6.07, 6.45) is 6.04. The van der Waals surface area contributed by atoms with E-state index in [1.54, 1.807) is 6.20 Å². The van der Waals surface area contributed by atoms with Crippen LogP contribution in [0.1, 0.15) is 30.9 Å². The molecule has 36 heavy (non-hydrogen) atoms. The highest BCUT2D eigenvalue weighted by Crippen LogP contribution is 2.33. The largest absolute Gasteiger partial charge is 0.508 e. The first-order chi connectivity index (χ1) is 17.6. The second kappa shape index (κ2) is 11.3. The van der Waals surface area contributed by atoms with Crippen molar-refractivity contribution in [1.29, 1.82) is 0 Å². The minimum atomic E-state index is 0.284. The molecule has 0 amide bonds. The van der Waals surface area contributed by atoms with Gasteiger partial charge in [-0.05, 0) is 73.7 Å². The van der Waals surface area contributed by atoms with Gasteiger partial charge in [0.1, 0.15) is 11.5 Å². The second-order valence-electron chi connectivity index (χ2n) is 10.1. The van der Waals surface area contributed by atoms with Gasteiger partial charge in [0.05, 0.1) is 5.69 Å². The van der Waals surface area contributed by atoms with Crippen LogP contribution >= 0.6 is 0 Å². The molecular weight excluding hydrogens is 448 g/mol. The maximum absolute atomic E-state index is 10.6. The first-order valence-electron chi connectivity index (χ1n) is 13.4. The Morgan fingerprint density at radius 2 is 1.81 bits per heavy atom. The maximum atomic E-state index is 10.6. The first kappa shape index (κ1) is 24.6. The zero-order valence-corrected chi connectivity index (χ0v) is 21.3. The third kappa shape index (κ3) is 5.50. The van der Waals surface area contributed by atoms with Crippen LogP contribution in [0.3, 0.4) is 0 Å². The monoisotopic (exact) mass is 486 g/mol. The van der Waals surface area contributed by atoms with Crippen LogP contribution in [0.25, 0.3) is 11.3 Å². The standard InChI is InChI=1S/C30H38N4O2/c1-2-14-33(24-9-11-26-23(21-24)6-5-8-29(26)35)18-15-32-16-19-34(20-17-32)25-10-12-27(30(36)22-25)28-7-3-4-13-31-28/h3-8,10,12-13,22,24,35-36H,2,9,11,14-21H2,1H3. The lowest BCUT2D eigenvalue weighted by Crippen LogP contribution is -2.50. The van der Waals surface area contributed by atoms with E-state index >= 15 is 0 Å². The van der Waals surface area contributed by atoms with Crippen LogP contribution in [-0.4, -0.2) is 76.9 Å². The van der Waals surface area contributed by atoms with Gasteiger partial charge in [-0.3, -0.25) is 14.8 Å². The Morgan fingerprint density at radius 3 is 2.56 bits per heavy atom. The number of nitrogens with zero attached hydrogens (tertiary/aromatic N) is 4. The van der Waals surface area contributed by atoms with E-state index in [0.717, 1.165) is 94.0 Å². The fraction of sp³-hybridized carbons (Fsp3) is 0.433. The topological polar surface area (TPSA) is 63.1 Å². The number of anilines is 1. The summed E-state index contributed by atoms with van der Waals surface area (Å²) in [5.41, 5.74) is 5.11. The van der Waals surface area contributed by atoms with E-state index in [-0.39, 0.29) is 5.75 Å². The molecule has 0 spiro atoms. The molecule has 1 saturated heterocycles. The van der Waals surface area contributed by atoms with Gasteiger partial charge in [0, 0.05) is 68.8 Å². The van der Waals surface area contributed by atoms with Crippen molar-refractivity contribution >= 4 is 5.69 Å². The molecule has 1 aliphatic heterocycles. The van der Waals surface area contributed by atoms with Crippen LogP contribution in [0.4, 0.5) is 5.69 Å². The predicted molar refractivity (Wildman–Crippen MR) is 146 cm³/mol. The molecule has 5 rings (SSSR count). The third-order valence-electron chi connectivity index (χ3n) is 7.82. The van der Waals surface area contributed by atoms with E-state index < -0.39 is 0 Å². The molecule has 190 valence electrons. The van der Waals surface area contributed by atoms with Crippen molar-refractivity contribution in [1.82, 2.24) is 14.8 Å². The van der Waals surface area contributed by atoms with Gasteiger partial charge in [0.15, 0.2) is 0 Å². The van der Waals surface area contributed by atoms with Crippen LogP contribution in [0.2, 0.25) is 0 Å². The molecule has 0 bridgehead atoms. The molecule has 2 aromatic carbocycles. The molecule has 2 aliphatic rings. The van der Waals surface area contributed by atoms with E-state index in [0.29, 0.717) is 11.8 Å². The summed E-state index contributed by atoms with van der Waals surface area (Å²) >= 11 is 0. The van der Waals surface area contributed by atoms with Crippen molar-refractivity contribution in [3.63, 3.8) is 0 Å². The van der Waals surface area contributed by atoms with Crippen LogP contribution in [0, 0.1) is 0 Å². The normalized spacial score (nSPS) is 18.4. The van der Waals surface area contributed by atoms with E-state index in [4.69, 9.17) is 0 Å². The van der Waals surface area contributed by atoms with E-state index in [2.05, 4.69) is 38.7 Å². The molecule has 0 saturated carbocycles. The number of aromatic hydroxyl groups is 2. The molecule has 2 heterocycles. The fourth-order valence-corrected chi connectivity index (χ4v) is 5.80. The molecule has 0 radical (unpaired) electrons. The summed E-state index contributed by atoms with van der Waals surface area (Å²) in [5.74, 6) is 0.747. The number of phenolic OH excluding ortho intramolecular Hbond substituents is 2. The summed E-state index contributed by atoms with van der Waals surface area (Å²) in [7, 11) is 0. The van der Waals surface area contributed by atoms with Crippen molar-refractivity contribution in [3.05, 3.63) is 71.9 Å². The Labute approximate surface area is 214 Å². The van der Waals surface area contributed by atoms with Gasteiger partial charge in [-0.2, -0.15) is 0 Å². The average Bonchev–Trinajstić information content (AvgIpc) is 2.92. The predicted octanol–water partition coefficient (Wildman–Crippen LogP) is 4.55. The number of pyridine rings is 1. The lowest BCUT2D eigenvalue weighted by atomic mass is 9.87. The maximum Gasteiger partial charge on any atom is 0.127 e. The van der Waals surface area contributed by atoms with Gasteiger partial charge < -0.3 is 15.1 Å². The highest BCUT2D eigenvalue weighted by atomic mass is 16.3. The highest BCUT2D eigenvalue weighted by Gasteiger charge is 2.26. The van der Waals surface area contributed by atoms with Crippen molar-refractivity contribution < 1.29 is 10.2 Å². The number of piperazine rings is 1. The molecular formula is C30H38N4O2. The molecule has 3 aromatic rings. The first-order valence-corrected chi connectivity index (χ1v) is 13.4. The zero-order valence-electron chi connectivity index (χ0n) is 21.3. The zero-order chi connectivity index (χ0) is 24.9. The quantitative estimate of drug-likeness (QED) is 0.487. The van der Waals surface area contributed by atoms with Crippen LogP contribution in [0.5, 0.6) is 11.5 Å². The minimum Gasteiger partial charge on any atom is -0.508 e. The van der Waals surface area contributed by atoms with Gasteiger partial charge in [0.25, 0.3) is 0 Å². The molecule has 1 aliphatic carbocycles. The Balaban J connectivity index is 1.14. The van der Waals surface area contributed by atoms with Crippen LogP contribution in [-0.2, 0) is 12.8 Å². The number of rotatable bonds is 8. The summed E-state index contributed by atoms with van der Waals surface area (Å²) in [4.78, 5) is 12.0. The number of phenols is 2. The molecule has 1 atom stereocenters. The van der Waals surface area contributed by atoms with E-state index in [1.165, 1.54) is 5.56 Å². The number of benzene rings is 2. The minimum absolute atomic E-state index is 0.284. The molecule has 2 N–H and O–H groups in total. The van der Waals surface area contributed by atoms with Crippen molar-refractivity contribution in [2.45, 2.75) is 38.6 Å². The van der Waals surface area contributed by atoms with Crippen molar-refractivity contribution in [2.24, 2.45) is 0 Å².